The predicted octanol–water partition coefficient (Wildman–Crippen LogP) is -0.529. The van der Waals surface area contributed by atoms with Gasteiger partial charge in [0.15, 0.2) is 0 Å². The molecule has 1 rings (SSSR count). The standard InChI is InChI=1S/C4H4N2O.CH2O2/c7-4-2-1-3-5-6-4;2-1-3/h1-3H,(H,6,7);1H,(H,2,3). The topological polar surface area (TPSA) is 83.0 Å². The van der Waals surface area contributed by atoms with E-state index in [1.165, 1.54) is 12.3 Å². The first-order valence-electron chi connectivity index (χ1n) is 2.39. The fourth-order valence-corrected chi connectivity index (χ4v) is 0.312. The Morgan fingerprint density at radius 3 is 2.50 bits per heavy atom. The van der Waals surface area contributed by atoms with Crippen molar-refractivity contribution in [1.29, 1.82) is 0 Å². The molecule has 1 aromatic heterocycles. The third-order valence-electron chi connectivity index (χ3n) is 0.583. The summed E-state index contributed by atoms with van der Waals surface area (Å²) in [7, 11) is 0. The van der Waals surface area contributed by atoms with Crippen molar-refractivity contribution < 1.29 is 9.90 Å². The Morgan fingerprint density at radius 1 is 1.70 bits per heavy atom. The van der Waals surface area contributed by atoms with Crippen molar-refractivity contribution >= 4 is 6.47 Å². The first kappa shape index (κ1) is 8.35. The van der Waals surface area contributed by atoms with Crippen LogP contribution in [-0.4, -0.2) is 21.8 Å². The lowest BCUT2D eigenvalue weighted by molar-refractivity contribution is -0.122. The van der Waals surface area contributed by atoms with Crippen LogP contribution in [0.5, 0.6) is 0 Å². The number of nitrogens with zero attached hydrogens (tertiary/aromatic N) is 1. The van der Waals surface area contributed by atoms with Crippen LogP contribution in [0.25, 0.3) is 0 Å². The van der Waals surface area contributed by atoms with Gasteiger partial charge in [-0.25, -0.2) is 5.10 Å². The van der Waals surface area contributed by atoms with Crippen LogP contribution in [0.15, 0.2) is 23.1 Å². The Morgan fingerprint density at radius 2 is 2.30 bits per heavy atom. The van der Waals surface area contributed by atoms with Crippen molar-refractivity contribution in [2.24, 2.45) is 0 Å². The maximum absolute atomic E-state index is 10.2. The SMILES string of the molecule is O=CO.O=c1cccn[nH]1. The van der Waals surface area contributed by atoms with Gasteiger partial charge in [-0.15, -0.1) is 0 Å². The van der Waals surface area contributed by atoms with Crippen LogP contribution in [0.2, 0.25) is 0 Å². The van der Waals surface area contributed by atoms with E-state index >= 15 is 0 Å². The lowest BCUT2D eigenvalue weighted by atomic mass is 10.6. The summed E-state index contributed by atoms with van der Waals surface area (Å²) in [4.78, 5) is 18.5. The van der Waals surface area contributed by atoms with Crippen molar-refractivity contribution in [3.8, 4) is 0 Å². The van der Waals surface area contributed by atoms with Crippen LogP contribution in [0.4, 0.5) is 0 Å². The molecule has 0 atom stereocenters. The zero-order valence-corrected chi connectivity index (χ0v) is 5.02. The largest absolute Gasteiger partial charge is 0.483 e. The van der Waals surface area contributed by atoms with Gasteiger partial charge in [-0.3, -0.25) is 9.59 Å². The molecular formula is C5H6N2O3. The van der Waals surface area contributed by atoms with Crippen molar-refractivity contribution in [2.75, 3.05) is 0 Å². The van der Waals surface area contributed by atoms with Crippen molar-refractivity contribution in [2.45, 2.75) is 0 Å². The minimum atomic E-state index is -0.250. The number of aromatic nitrogens is 2. The highest BCUT2D eigenvalue weighted by Crippen LogP contribution is 1.60. The molecule has 2 N–H and O–H groups in total. The number of carbonyl (C=O) groups is 1. The van der Waals surface area contributed by atoms with E-state index in [0.717, 1.165) is 0 Å². The third-order valence-corrected chi connectivity index (χ3v) is 0.583. The molecule has 0 aromatic carbocycles. The van der Waals surface area contributed by atoms with Crippen LogP contribution in [-0.2, 0) is 4.79 Å². The summed E-state index contributed by atoms with van der Waals surface area (Å²) in [5.41, 5.74) is -0.164. The molecule has 5 heteroatoms. The summed E-state index contributed by atoms with van der Waals surface area (Å²) in [5.74, 6) is 0. The van der Waals surface area contributed by atoms with Crippen LogP contribution < -0.4 is 5.56 Å². The monoisotopic (exact) mass is 142 g/mol. The molecule has 0 bridgehead atoms. The molecule has 0 aliphatic rings. The van der Waals surface area contributed by atoms with E-state index in [1.54, 1.807) is 6.07 Å². The van der Waals surface area contributed by atoms with Gasteiger partial charge in [0.05, 0.1) is 0 Å². The summed E-state index contributed by atoms with van der Waals surface area (Å²) in [6, 6.07) is 2.99. The van der Waals surface area contributed by atoms with Gasteiger partial charge in [0.25, 0.3) is 12.0 Å². The van der Waals surface area contributed by atoms with Gasteiger partial charge < -0.3 is 5.11 Å². The number of nitrogens with one attached hydrogen (secondary N) is 1. The van der Waals surface area contributed by atoms with Gasteiger partial charge in [0, 0.05) is 12.3 Å². The first-order chi connectivity index (χ1) is 4.81. The lowest BCUT2D eigenvalue weighted by Gasteiger charge is -1.72. The Bertz CT molecular complexity index is 215. The highest BCUT2D eigenvalue weighted by molar-refractivity contribution is 5.32. The summed E-state index contributed by atoms with van der Waals surface area (Å²) < 4.78 is 0. The second-order valence-electron chi connectivity index (χ2n) is 1.22. The normalized spacial score (nSPS) is 7.20. The molecule has 54 valence electrons. The molecule has 0 aliphatic heterocycles. The summed E-state index contributed by atoms with van der Waals surface area (Å²) in [5, 5.41) is 12.6. The van der Waals surface area contributed by atoms with Crippen LogP contribution >= 0.6 is 0 Å². The zero-order valence-electron chi connectivity index (χ0n) is 5.02. The van der Waals surface area contributed by atoms with E-state index in [2.05, 4.69) is 10.2 Å². The van der Waals surface area contributed by atoms with Gasteiger partial charge in [-0.05, 0) is 6.07 Å². The molecule has 0 saturated heterocycles. The Balaban J connectivity index is 0.000000236. The number of rotatable bonds is 0. The van der Waals surface area contributed by atoms with Gasteiger partial charge in [0.2, 0.25) is 0 Å². The number of H-pyrrole nitrogens is 1. The van der Waals surface area contributed by atoms with E-state index in [9.17, 15) is 4.79 Å². The van der Waals surface area contributed by atoms with Crippen molar-refractivity contribution in [3.63, 3.8) is 0 Å². The quantitative estimate of drug-likeness (QED) is 0.477. The maximum Gasteiger partial charge on any atom is 0.290 e. The smallest absolute Gasteiger partial charge is 0.290 e. The minimum absolute atomic E-state index is 0.164. The molecule has 1 aromatic rings. The van der Waals surface area contributed by atoms with Crippen LogP contribution in [0.3, 0.4) is 0 Å². The molecule has 0 saturated carbocycles. The highest BCUT2D eigenvalue weighted by atomic mass is 16.3. The Hall–Kier alpha value is -1.65. The molecule has 0 amide bonds. The summed E-state index contributed by atoms with van der Waals surface area (Å²) in [6.45, 7) is -0.250. The van der Waals surface area contributed by atoms with E-state index in [1.807, 2.05) is 0 Å². The van der Waals surface area contributed by atoms with Gasteiger partial charge in [0.1, 0.15) is 0 Å². The molecular weight excluding hydrogens is 136 g/mol. The predicted molar refractivity (Wildman–Crippen MR) is 33.6 cm³/mol. The fraction of sp³-hybridized carbons (Fsp3) is 0. The molecule has 0 unspecified atom stereocenters. The number of aromatic amines is 1. The molecule has 0 fully saturated rings. The second kappa shape index (κ2) is 5.49. The average molecular weight is 142 g/mol. The van der Waals surface area contributed by atoms with Crippen molar-refractivity contribution in [3.05, 3.63) is 28.7 Å². The molecule has 5 nitrogen and oxygen atoms in total. The molecule has 0 radical (unpaired) electrons. The van der Waals surface area contributed by atoms with Crippen molar-refractivity contribution in [1.82, 2.24) is 10.2 Å². The molecule has 1 heterocycles. The zero-order chi connectivity index (χ0) is 7.82. The van der Waals surface area contributed by atoms with Gasteiger partial charge >= 0.3 is 0 Å². The fourth-order valence-electron chi connectivity index (χ4n) is 0.312. The number of hydrogen-bond donors (Lipinski definition) is 2. The van der Waals surface area contributed by atoms with E-state index in [0.29, 0.717) is 0 Å². The van der Waals surface area contributed by atoms with Crippen LogP contribution in [0.1, 0.15) is 0 Å². The van der Waals surface area contributed by atoms with E-state index < -0.39 is 0 Å². The van der Waals surface area contributed by atoms with Gasteiger partial charge in [-0.1, -0.05) is 0 Å². The van der Waals surface area contributed by atoms with E-state index in [4.69, 9.17) is 9.90 Å². The third kappa shape index (κ3) is 4.51. The number of carboxylic acid groups (broad SMARTS) is 1. The molecule has 0 aliphatic carbocycles. The lowest BCUT2D eigenvalue weighted by Crippen LogP contribution is -2.02. The summed E-state index contributed by atoms with van der Waals surface area (Å²) in [6.07, 6.45) is 1.52. The average Bonchev–Trinajstić information content (AvgIpc) is 1.91. The maximum atomic E-state index is 10.2. The second-order valence-corrected chi connectivity index (χ2v) is 1.22. The molecule has 0 spiro atoms. The minimum Gasteiger partial charge on any atom is -0.483 e. The van der Waals surface area contributed by atoms with E-state index in [-0.39, 0.29) is 12.0 Å². The van der Waals surface area contributed by atoms with Crippen LogP contribution in [0, 0.1) is 0 Å². The van der Waals surface area contributed by atoms with Gasteiger partial charge in [-0.2, -0.15) is 5.10 Å². The molecule has 10 heavy (non-hydrogen) atoms. The summed E-state index contributed by atoms with van der Waals surface area (Å²) >= 11 is 0. The number of hydrogen-bond acceptors (Lipinski definition) is 3. The Labute approximate surface area is 56.3 Å². The highest BCUT2D eigenvalue weighted by Gasteiger charge is 1.70. The Kier molecular flexibility index (Phi) is 4.58. The first-order valence-corrected chi connectivity index (χ1v) is 2.39.